The molecule has 2 amide bonds. The smallest absolute Gasteiger partial charge is 0.317 e. The summed E-state index contributed by atoms with van der Waals surface area (Å²) < 4.78 is 34.6. The molecule has 9 nitrogen and oxygen atoms in total. The lowest BCUT2D eigenvalue weighted by Gasteiger charge is -2.37. The molecule has 0 bridgehead atoms. The van der Waals surface area contributed by atoms with Gasteiger partial charge in [0.2, 0.25) is 10.0 Å². The minimum absolute atomic E-state index is 0.0133. The Kier molecular flexibility index (Phi) is 9.76. The second-order valence-corrected chi connectivity index (χ2v) is 11.3. The van der Waals surface area contributed by atoms with Crippen molar-refractivity contribution in [3.8, 4) is 17.6 Å². The van der Waals surface area contributed by atoms with Gasteiger partial charge in [-0.25, -0.2) is 13.2 Å². The number of carbonyl (C=O) groups is 1. The fraction of sp³-hybridized carbons (Fsp3) is 0.625. The molecule has 2 rings (SSSR count). The molecule has 0 radical (unpaired) electrons. The molecule has 0 unspecified atom stereocenters. The molecule has 1 aliphatic rings. The van der Waals surface area contributed by atoms with Gasteiger partial charge in [-0.3, -0.25) is 4.90 Å². The van der Waals surface area contributed by atoms with Crippen molar-refractivity contribution >= 4 is 16.1 Å². The molecular formula is C24H38N4O5S. The molecule has 0 fully saturated rings. The number of fused-ring (bicyclic) bond motifs is 1. The van der Waals surface area contributed by atoms with Gasteiger partial charge in [-0.15, -0.1) is 0 Å². The molecule has 0 spiro atoms. The summed E-state index contributed by atoms with van der Waals surface area (Å²) in [5, 5.41) is 12.6. The van der Waals surface area contributed by atoms with Crippen LogP contribution >= 0.6 is 0 Å². The Hall–Kier alpha value is -2.32. The van der Waals surface area contributed by atoms with Gasteiger partial charge in [0.25, 0.3) is 0 Å². The van der Waals surface area contributed by atoms with Crippen LogP contribution in [0, 0.1) is 17.8 Å². The number of hydrogen-bond donors (Lipinski definition) is 2. The highest BCUT2D eigenvalue weighted by molar-refractivity contribution is 7.89. The van der Waals surface area contributed by atoms with E-state index in [-0.39, 0.29) is 48.3 Å². The number of aliphatic hydroxyl groups is 1. The quantitative estimate of drug-likeness (QED) is 0.580. The Bertz CT molecular complexity index is 1020. The summed E-state index contributed by atoms with van der Waals surface area (Å²) in [6.45, 7) is 7.99. The average Bonchev–Trinajstić information content (AvgIpc) is 2.74. The molecular weight excluding hydrogens is 456 g/mol. The van der Waals surface area contributed by atoms with Crippen LogP contribution in [-0.2, 0) is 10.0 Å². The highest BCUT2D eigenvalue weighted by atomic mass is 32.2. The standard InChI is InChI=1S/C24H38N4O5S/c1-17(2)25-24(30)27(7)15-22-18(3)14-28(19(4)16-29)34(31,32)23-11-10-20(13-21(23)33-22)9-8-12-26(5)6/h10-11,13,17-19,22,29H,12,14-16H2,1-7H3,(H,25,30)/t18-,19+,22-/m1/s1. The van der Waals surface area contributed by atoms with Crippen LogP contribution in [0.5, 0.6) is 5.75 Å². The molecule has 190 valence electrons. The van der Waals surface area contributed by atoms with Crippen LogP contribution < -0.4 is 10.1 Å². The van der Waals surface area contributed by atoms with Gasteiger partial charge in [-0.05, 0) is 53.1 Å². The number of urea groups is 1. The first-order valence-corrected chi connectivity index (χ1v) is 12.9. The third-order valence-corrected chi connectivity index (χ3v) is 7.53. The van der Waals surface area contributed by atoms with E-state index in [1.165, 1.54) is 15.3 Å². The highest BCUT2D eigenvalue weighted by Gasteiger charge is 2.38. The van der Waals surface area contributed by atoms with E-state index in [1.54, 1.807) is 26.1 Å². The van der Waals surface area contributed by atoms with Gasteiger partial charge in [0.1, 0.15) is 16.7 Å². The number of aliphatic hydroxyl groups excluding tert-OH is 1. The lowest BCUT2D eigenvalue weighted by Crippen LogP contribution is -2.51. The zero-order chi connectivity index (χ0) is 25.6. The lowest BCUT2D eigenvalue weighted by molar-refractivity contribution is 0.0809. The second kappa shape index (κ2) is 11.9. The van der Waals surface area contributed by atoms with Gasteiger partial charge in [0.15, 0.2) is 0 Å². The molecule has 1 heterocycles. The summed E-state index contributed by atoms with van der Waals surface area (Å²) in [5.41, 5.74) is 0.635. The number of hydrogen-bond acceptors (Lipinski definition) is 6. The van der Waals surface area contributed by atoms with Gasteiger partial charge in [-0.2, -0.15) is 4.31 Å². The fourth-order valence-electron chi connectivity index (χ4n) is 3.53. The fourth-order valence-corrected chi connectivity index (χ4v) is 5.36. The van der Waals surface area contributed by atoms with Crippen LogP contribution in [0.1, 0.15) is 33.3 Å². The van der Waals surface area contributed by atoms with E-state index >= 15 is 0 Å². The maximum Gasteiger partial charge on any atom is 0.317 e. The van der Waals surface area contributed by atoms with Crippen molar-refractivity contribution in [2.45, 2.75) is 50.8 Å². The molecule has 2 N–H and O–H groups in total. The van der Waals surface area contributed by atoms with Crippen LogP contribution in [0.4, 0.5) is 4.79 Å². The number of benzene rings is 1. The number of nitrogens with one attached hydrogen (secondary N) is 1. The van der Waals surface area contributed by atoms with Crippen LogP contribution in [0.2, 0.25) is 0 Å². The molecule has 0 aromatic heterocycles. The molecule has 1 aromatic carbocycles. The van der Waals surface area contributed by atoms with Gasteiger partial charge in [-0.1, -0.05) is 18.8 Å². The van der Waals surface area contributed by atoms with Crippen molar-refractivity contribution in [1.82, 2.24) is 19.4 Å². The van der Waals surface area contributed by atoms with Crippen molar-refractivity contribution in [3.05, 3.63) is 23.8 Å². The zero-order valence-electron chi connectivity index (χ0n) is 21.2. The Morgan fingerprint density at radius 1 is 1.29 bits per heavy atom. The first kappa shape index (κ1) is 27.9. The van der Waals surface area contributed by atoms with E-state index < -0.39 is 22.2 Å². The Balaban J connectivity index is 2.50. The monoisotopic (exact) mass is 494 g/mol. The molecule has 1 aromatic rings. The van der Waals surface area contributed by atoms with E-state index in [9.17, 15) is 18.3 Å². The number of rotatable bonds is 6. The summed E-state index contributed by atoms with van der Waals surface area (Å²) in [6.07, 6.45) is -0.476. The number of likely N-dealkylation sites (N-methyl/N-ethyl adjacent to an activating group) is 1. The molecule has 1 aliphatic heterocycles. The third kappa shape index (κ3) is 7.09. The molecule has 3 atom stereocenters. The minimum Gasteiger partial charge on any atom is -0.487 e. The summed E-state index contributed by atoms with van der Waals surface area (Å²) in [6, 6.07) is 3.94. The van der Waals surface area contributed by atoms with Crippen molar-refractivity contribution < 1.29 is 23.1 Å². The van der Waals surface area contributed by atoms with Crippen LogP contribution in [-0.4, -0.2) is 99.2 Å². The normalized spacial score (nSPS) is 20.9. The third-order valence-electron chi connectivity index (χ3n) is 5.51. The van der Waals surface area contributed by atoms with Crippen molar-refractivity contribution in [2.24, 2.45) is 5.92 Å². The first-order chi connectivity index (χ1) is 15.9. The lowest BCUT2D eigenvalue weighted by atomic mass is 10.0. The predicted octanol–water partition coefficient (Wildman–Crippen LogP) is 1.42. The zero-order valence-corrected chi connectivity index (χ0v) is 22.0. The second-order valence-electron chi connectivity index (χ2n) is 9.43. The van der Waals surface area contributed by atoms with Gasteiger partial charge < -0.3 is 20.1 Å². The Labute approximate surface area is 204 Å². The average molecular weight is 495 g/mol. The van der Waals surface area contributed by atoms with Gasteiger partial charge in [0.05, 0.1) is 19.7 Å². The Morgan fingerprint density at radius 2 is 1.97 bits per heavy atom. The number of nitrogens with zero attached hydrogens (tertiary/aromatic N) is 3. The maximum absolute atomic E-state index is 13.5. The minimum atomic E-state index is -3.92. The number of carbonyl (C=O) groups excluding carboxylic acids is 1. The maximum atomic E-state index is 13.5. The SMILES string of the molecule is CC(C)NC(=O)N(C)C[C@H]1Oc2cc(C#CCN(C)C)ccc2S(=O)(=O)N([C@@H](C)CO)C[C@H]1C. The van der Waals surface area contributed by atoms with Crippen molar-refractivity contribution in [2.75, 3.05) is 47.4 Å². The van der Waals surface area contributed by atoms with Crippen molar-refractivity contribution in [1.29, 1.82) is 0 Å². The van der Waals surface area contributed by atoms with Crippen LogP contribution in [0.25, 0.3) is 0 Å². The van der Waals surface area contributed by atoms with E-state index in [4.69, 9.17) is 4.74 Å². The van der Waals surface area contributed by atoms with Crippen molar-refractivity contribution in [3.63, 3.8) is 0 Å². The van der Waals surface area contributed by atoms with Gasteiger partial charge >= 0.3 is 6.03 Å². The highest BCUT2D eigenvalue weighted by Crippen LogP contribution is 2.34. The number of amides is 2. The molecule has 10 heteroatoms. The summed E-state index contributed by atoms with van der Waals surface area (Å²) in [5.74, 6) is 6.03. The Morgan fingerprint density at radius 3 is 2.56 bits per heavy atom. The van der Waals surface area contributed by atoms with Crippen LogP contribution in [0.3, 0.4) is 0 Å². The van der Waals surface area contributed by atoms with Crippen LogP contribution in [0.15, 0.2) is 23.1 Å². The van der Waals surface area contributed by atoms with E-state index in [1.807, 2.05) is 39.8 Å². The molecule has 0 saturated carbocycles. The summed E-state index contributed by atoms with van der Waals surface area (Å²) in [7, 11) is 1.59. The number of sulfonamides is 1. The topological polar surface area (TPSA) is 102 Å². The predicted molar refractivity (Wildman–Crippen MR) is 132 cm³/mol. The molecule has 34 heavy (non-hydrogen) atoms. The van der Waals surface area contributed by atoms with Gasteiger partial charge in [0, 0.05) is 37.2 Å². The first-order valence-electron chi connectivity index (χ1n) is 11.5. The van der Waals surface area contributed by atoms with E-state index in [0.717, 1.165) is 0 Å². The van der Waals surface area contributed by atoms with E-state index in [0.29, 0.717) is 12.1 Å². The number of ether oxygens (including phenoxy) is 1. The largest absolute Gasteiger partial charge is 0.487 e. The summed E-state index contributed by atoms with van der Waals surface area (Å²) in [4.78, 5) is 16.0. The molecule has 0 aliphatic carbocycles. The molecule has 0 saturated heterocycles. The van der Waals surface area contributed by atoms with E-state index in [2.05, 4.69) is 17.2 Å². The summed E-state index contributed by atoms with van der Waals surface area (Å²) >= 11 is 0.